The van der Waals surface area contributed by atoms with Crippen LogP contribution < -0.4 is 10.6 Å². The molecule has 5 nitrogen and oxygen atoms in total. The number of aromatic nitrogens is 1. The summed E-state index contributed by atoms with van der Waals surface area (Å²) in [6, 6.07) is 8.67. The van der Waals surface area contributed by atoms with Gasteiger partial charge in [0.1, 0.15) is 17.2 Å². The monoisotopic (exact) mass is 421 g/mol. The Kier molecular flexibility index (Phi) is 4.59. The number of nitrogens with zero attached hydrogens (tertiary/aromatic N) is 1. The predicted octanol–water partition coefficient (Wildman–Crippen LogP) is 4.17. The number of hydrogen-bond donors (Lipinski definition) is 2. The Bertz CT molecular complexity index is 984. The number of hydrogen-bond acceptors (Lipinski definition) is 3. The number of anilines is 1. The Labute approximate surface area is 169 Å². The lowest BCUT2D eigenvalue weighted by Crippen LogP contribution is -2.77. The van der Waals surface area contributed by atoms with E-state index in [1.807, 2.05) is 0 Å². The van der Waals surface area contributed by atoms with Gasteiger partial charge in [0.2, 0.25) is 5.91 Å². The van der Waals surface area contributed by atoms with Crippen molar-refractivity contribution in [3.8, 4) is 0 Å². The molecular formula is C21H19F4N3O2. The third-order valence-electron chi connectivity index (χ3n) is 6.15. The summed E-state index contributed by atoms with van der Waals surface area (Å²) in [6.07, 6.45) is -2.90. The van der Waals surface area contributed by atoms with E-state index in [-0.39, 0.29) is 22.9 Å². The van der Waals surface area contributed by atoms with Crippen LogP contribution in [0.3, 0.4) is 0 Å². The maximum atomic E-state index is 13.0. The van der Waals surface area contributed by atoms with Gasteiger partial charge in [0.05, 0.1) is 0 Å². The summed E-state index contributed by atoms with van der Waals surface area (Å²) in [4.78, 5) is 28.3. The highest BCUT2D eigenvalue weighted by molar-refractivity contribution is 5.95. The molecule has 1 heterocycles. The van der Waals surface area contributed by atoms with Crippen molar-refractivity contribution in [1.82, 2.24) is 10.3 Å². The molecule has 3 aliphatic rings. The zero-order valence-corrected chi connectivity index (χ0v) is 16.0. The van der Waals surface area contributed by atoms with Crippen molar-refractivity contribution in [1.29, 1.82) is 0 Å². The van der Waals surface area contributed by atoms with E-state index in [1.54, 1.807) is 6.92 Å². The van der Waals surface area contributed by atoms with Crippen LogP contribution in [0.4, 0.5) is 23.2 Å². The Balaban J connectivity index is 1.34. The largest absolute Gasteiger partial charge is 0.433 e. The Hall–Kier alpha value is -2.97. The topological polar surface area (TPSA) is 71.1 Å². The van der Waals surface area contributed by atoms with Crippen LogP contribution in [0.1, 0.15) is 42.4 Å². The highest BCUT2D eigenvalue weighted by Crippen LogP contribution is 2.70. The van der Waals surface area contributed by atoms with Crippen molar-refractivity contribution in [2.24, 2.45) is 11.3 Å². The second-order valence-electron chi connectivity index (χ2n) is 8.25. The number of carbonyl (C=O) groups is 2. The Morgan fingerprint density at radius 2 is 1.70 bits per heavy atom. The SMILES string of the molecule is C[C@H](C(=O)Nc1ccc(F)cc1)C12CC(NC(=O)c3cccc(C(F)(F)F)n3)(C1)C2. The Morgan fingerprint density at radius 3 is 2.30 bits per heavy atom. The van der Waals surface area contributed by atoms with Crippen molar-refractivity contribution < 1.29 is 27.2 Å². The minimum atomic E-state index is -4.62. The van der Waals surface area contributed by atoms with Gasteiger partial charge < -0.3 is 10.6 Å². The van der Waals surface area contributed by atoms with Crippen LogP contribution in [0.15, 0.2) is 42.5 Å². The molecule has 1 aromatic carbocycles. The number of pyridine rings is 1. The van der Waals surface area contributed by atoms with Gasteiger partial charge in [-0.25, -0.2) is 9.37 Å². The van der Waals surface area contributed by atoms with Crippen LogP contribution in [0.25, 0.3) is 0 Å². The fourth-order valence-corrected chi connectivity index (χ4v) is 4.54. The maximum absolute atomic E-state index is 13.0. The second kappa shape index (κ2) is 6.78. The van der Waals surface area contributed by atoms with Crippen molar-refractivity contribution in [3.05, 3.63) is 59.7 Å². The standard InChI is InChI=1S/C21H19F4N3O2/c1-12(17(29)26-14-7-5-13(22)6-8-14)19-9-20(10-19,11-19)28-18(30)15-3-2-4-16(27-15)21(23,24)25/h2-8,12H,9-11H2,1H3,(H,26,29)(H,28,30)/t12-,19?,20?/m1/s1. The van der Waals surface area contributed by atoms with Gasteiger partial charge in [-0.1, -0.05) is 13.0 Å². The lowest BCUT2D eigenvalue weighted by Gasteiger charge is -2.72. The van der Waals surface area contributed by atoms with Crippen LogP contribution in [0, 0.1) is 17.2 Å². The molecular weight excluding hydrogens is 402 g/mol. The fraction of sp³-hybridized carbons (Fsp3) is 0.381. The van der Waals surface area contributed by atoms with Crippen molar-refractivity contribution in [2.75, 3.05) is 5.32 Å². The quantitative estimate of drug-likeness (QED) is 0.712. The molecule has 30 heavy (non-hydrogen) atoms. The molecule has 3 aliphatic carbocycles. The van der Waals surface area contributed by atoms with E-state index in [4.69, 9.17) is 0 Å². The number of alkyl halides is 3. The molecule has 2 amide bonds. The summed E-state index contributed by atoms with van der Waals surface area (Å²) in [5, 5.41) is 5.54. The second-order valence-corrected chi connectivity index (χ2v) is 8.25. The molecule has 2 aromatic rings. The van der Waals surface area contributed by atoms with Crippen LogP contribution >= 0.6 is 0 Å². The smallest absolute Gasteiger partial charge is 0.345 e. The van der Waals surface area contributed by atoms with Gasteiger partial charge >= 0.3 is 6.18 Å². The highest BCUT2D eigenvalue weighted by Gasteiger charge is 2.71. The van der Waals surface area contributed by atoms with E-state index < -0.39 is 29.1 Å². The molecule has 5 rings (SSSR count). The number of nitrogens with one attached hydrogen (secondary N) is 2. The first kappa shape index (κ1) is 20.3. The van der Waals surface area contributed by atoms with Gasteiger partial charge in [-0.15, -0.1) is 0 Å². The maximum Gasteiger partial charge on any atom is 0.433 e. The first-order chi connectivity index (χ1) is 14.0. The van der Waals surface area contributed by atoms with Gasteiger partial charge in [-0.2, -0.15) is 13.2 Å². The average Bonchev–Trinajstić information content (AvgIpc) is 2.64. The molecule has 3 fully saturated rings. The molecule has 0 saturated heterocycles. The van der Waals surface area contributed by atoms with Gasteiger partial charge in [0.15, 0.2) is 0 Å². The first-order valence-corrected chi connectivity index (χ1v) is 9.45. The van der Waals surface area contributed by atoms with Gasteiger partial charge in [-0.3, -0.25) is 9.59 Å². The molecule has 0 unspecified atom stereocenters. The van der Waals surface area contributed by atoms with Gasteiger partial charge in [0.25, 0.3) is 5.91 Å². The fourth-order valence-electron chi connectivity index (χ4n) is 4.54. The molecule has 0 radical (unpaired) electrons. The molecule has 2 N–H and O–H groups in total. The molecule has 9 heteroatoms. The van der Waals surface area contributed by atoms with Crippen molar-refractivity contribution in [2.45, 2.75) is 37.9 Å². The van der Waals surface area contributed by atoms with E-state index in [0.29, 0.717) is 24.9 Å². The summed E-state index contributed by atoms with van der Waals surface area (Å²) >= 11 is 0. The number of rotatable bonds is 5. The summed E-state index contributed by atoms with van der Waals surface area (Å²) in [5.41, 5.74) is -1.66. The summed E-state index contributed by atoms with van der Waals surface area (Å²) in [6.45, 7) is 1.80. The van der Waals surface area contributed by atoms with E-state index in [1.165, 1.54) is 30.3 Å². The number of halogens is 4. The third kappa shape index (κ3) is 3.53. The minimum absolute atomic E-state index is 0.194. The highest BCUT2D eigenvalue weighted by atomic mass is 19.4. The van der Waals surface area contributed by atoms with Gasteiger partial charge in [-0.05, 0) is 61.1 Å². The summed E-state index contributed by atoms with van der Waals surface area (Å²) in [5.74, 6) is -1.57. The summed E-state index contributed by atoms with van der Waals surface area (Å²) < 4.78 is 51.4. The molecule has 0 aliphatic heterocycles. The third-order valence-corrected chi connectivity index (χ3v) is 6.15. The van der Waals surface area contributed by atoms with Crippen LogP contribution in [0.5, 0.6) is 0 Å². The van der Waals surface area contributed by atoms with Crippen LogP contribution in [-0.4, -0.2) is 22.3 Å². The number of benzene rings is 1. The van der Waals surface area contributed by atoms with E-state index in [0.717, 1.165) is 12.1 Å². The first-order valence-electron chi connectivity index (χ1n) is 9.45. The van der Waals surface area contributed by atoms with Gasteiger partial charge in [0, 0.05) is 17.1 Å². The minimum Gasteiger partial charge on any atom is -0.345 e. The van der Waals surface area contributed by atoms with Crippen LogP contribution in [0.2, 0.25) is 0 Å². The summed E-state index contributed by atoms with van der Waals surface area (Å²) in [7, 11) is 0. The van der Waals surface area contributed by atoms with E-state index >= 15 is 0 Å². The predicted molar refractivity (Wildman–Crippen MR) is 99.9 cm³/mol. The zero-order chi connectivity index (χ0) is 21.7. The van der Waals surface area contributed by atoms with Crippen molar-refractivity contribution >= 4 is 17.5 Å². The average molecular weight is 421 g/mol. The normalized spacial score (nSPS) is 25.5. The lowest BCUT2D eigenvalue weighted by atomic mass is 9.36. The van der Waals surface area contributed by atoms with E-state index in [2.05, 4.69) is 15.6 Å². The molecule has 0 spiro atoms. The number of carbonyl (C=O) groups excluding carboxylic acids is 2. The lowest BCUT2D eigenvalue weighted by molar-refractivity contribution is -0.184. The van der Waals surface area contributed by atoms with Crippen molar-refractivity contribution in [3.63, 3.8) is 0 Å². The molecule has 1 atom stereocenters. The molecule has 158 valence electrons. The number of amides is 2. The molecule has 3 saturated carbocycles. The van der Waals surface area contributed by atoms with Crippen LogP contribution in [-0.2, 0) is 11.0 Å². The molecule has 1 aromatic heterocycles. The zero-order valence-electron chi connectivity index (χ0n) is 16.0. The van der Waals surface area contributed by atoms with E-state index in [9.17, 15) is 27.2 Å². The Morgan fingerprint density at radius 1 is 1.07 bits per heavy atom. The molecule has 2 bridgehead atoms.